The van der Waals surface area contributed by atoms with Gasteiger partial charge in [0.2, 0.25) is 0 Å². The summed E-state index contributed by atoms with van der Waals surface area (Å²) in [6.45, 7) is 3.92. The Morgan fingerprint density at radius 1 is 0.897 bits per heavy atom. The zero-order valence-electron chi connectivity index (χ0n) is 21.8. The van der Waals surface area contributed by atoms with Crippen molar-refractivity contribution in [1.82, 2.24) is 4.90 Å². The number of hydrogen-bond donors (Lipinski definition) is 2. The Morgan fingerprint density at radius 2 is 1.59 bits per heavy atom. The number of likely N-dealkylation sites (tertiary alicyclic amines) is 1. The first-order valence-corrected chi connectivity index (χ1v) is 13.3. The number of piperidine rings is 1. The zero-order chi connectivity index (χ0) is 27.8. The van der Waals surface area contributed by atoms with Crippen LogP contribution in [0, 0.1) is 11.7 Å². The molecule has 0 amide bonds. The van der Waals surface area contributed by atoms with Gasteiger partial charge in [0.25, 0.3) is 0 Å². The Labute approximate surface area is 227 Å². The van der Waals surface area contributed by atoms with Gasteiger partial charge in [-0.3, -0.25) is 4.79 Å². The molecule has 7 nitrogen and oxygen atoms in total. The number of Topliss-reactive ketones (excluding diaryl/α,β-unsaturated/α-hetero) is 1. The van der Waals surface area contributed by atoms with Crippen molar-refractivity contribution >= 4 is 29.0 Å². The minimum atomic E-state index is -1.82. The van der Waals surface area contributed by atoms with E-state index >= 15 is 0 Å². The Hall–Kier alpha value is -4.04. The Bertz CT molecular complexity index is 1280. The fourth-order valence-corrected chi connectivity index (χ4v) is 5.29. The van der Waals surface area contributed by atoms with Gasteiger partial charge in [0.05, 0.1) is 0 Å². The van der Waals surface area contributed by atoms with Gasteiger partial charge in [0, 0.05) is 35.5 Å². The molecule has 0 atom stereocenters. The van der Waals surface area contributed by atoms with Crippen LogP contribution < -0.4 is 4.90 Å². The molecule has 2 aromatic carbocycles. The molecule has 0 unspecified atom stereocenters. The number of allylic oxidation sites excluding steroid dienone is 5. The number of nitrogens with zero attached hydrogens (tertiary/aromatic N) is 2. The number of halogens is 1. The average Bonchev–Trinajstić information content (AvgIpc) is 3.11. The molecule has 0 aromatic heterocycles. The normalized spacial score (nSPS) is 17.0. The third-order valence-electron chi connectivity index (χ3n) is 7.32. The summed E-state index contributed by atoms with van der Waals surface area (Å²) in [6, 6.07) is 14.7. The van der Waals surface area contributed by atoms with Gasteiger partial charge in [-0.1, -0.05) is 30.4 Å². The average molecular weight is 533 g/mol. The van der Waals surface area contributed by atoms with E-state index in [4.69, 9.17) is 19.8 Å². The van der Waals surface area contributed by atoms with Gasteiger partial charge < -0.3 is 20.0 Å². The summed E-state index contributed by atoms with van der Waals surface area (Å²) in [5, 5.41) is 14.8. The molecule has 0 spiro atoms. The van der Waals surface area contributed by atoms with Crippen LogP contribution in [-0.2, 0) is 9.59 Å². The second-order valence-corrected chi connectivity index (χ2v) is 9.85. The second-order valence-electron chi connectivity index (χ2n) is 9.85. The molecule has 1 saturated heterocycles. The van der Waals surface area contributed by atoms with Crippen molar-refractivity contribution in [2.75, 3.05) is 31.1 Å². The number of rotatable bonds is 6. The molecule has 1 aliphatic carbocycles. The molecule has 39 heavy (non-hydrogen) atoms. The van der Waals surface area contributed by atoms with Crippen molar-refractivity contribution in [3.8, 4) is 0 Å². The van der Waals surface area contributed by atoms with Crippen LogP contribution in [0.3, 0.4) is 0 Å². The van der Waals surface area contributed by atoms with Crippen LogP contribution in [0.1, 0.15) is 48.0 Å². The van der Waals surface area contributed by atoms with Crippen molar-refractivity contribution in [2.45, 2.75) is 32.1 Å². The number of para-hydroxylation sites is 1. The summed E-state index contributed by atoms with van der Waals surface area (Å²) in [4.78, 5) is 35.8. The molecule has 8 heteroatoms. The van der Waals surface area contributed by atoms with Gasteiger partial charge in [-0.25, -0.2) is 14.0 Å². The number of aliphatic carboxylic acids is 2. The molecular weight excluding hydrogens is 499 g/mol. The third-order valence-corrected chi connectivity index (χ3v) is 7.32. The maximum Gasteiger partial charge on any atom is 0.414 e. The van der Waals surface area contributed by atoms with Crippen LogP contribution in [0.15, 0.2) is 78.5 Å². The highest BCUT2D eigenvalue weighted by Crippen LogP contribution is 2.37. The van der Waals surface area contributed by atoms with Crippen LogP contribution >= 0.6 is 0 Å². The quantitative estimate of drug-likeness (QED) is 0.380. The van der Waals surface area contributed by atoms with Gasteiger partial charge in [0.15, 0.2) is 5.78 Å². The summed E-state index contributed by atoms with van der Waals surface area (Å²) in [7, 11) is 0. The first-order chi connectivity index (χ1) is 18.8. The van der Waals surface area contributed by atoms with Crippen LogP contribution in [0.4, 0.5) is 10.1 Å². The maximum atomic E-state index is 13.1. The van der Waals surface area contributed by atoms with Gasteiger partial charge in [-0.2, -0.15) is 0 Å². The lowest BCUT2D eigenvalue weighted by atomic mass is 9.89. The summed E-state index contributed by atoms with van der Waals surface area (Å²) in [6.07, 6.45) is 14.1. The lowest BCUT2D eigenvalue weighted by Gasteiger charge is -2.32. The molecule has 0 bridgehead atoms. The number of carboxylic acids is 2. The molecule has 2 N–H and O–H groups in total. The number of anilines is 1. The van der Waals surface area contributed by atoms with Gasteiger partial charge >= 0.3 is 11.9 Å². The summed E-state index contributed by atoms with van der Waals surface area (Å²) >= 11 is 0. The predicted octanol–water partition coefficient (Wildman–Crippen LogP) is 5.40. The predicted molar refractivity (Wildman–Crippen MR) is 148 cm³/mol. The van der Waals surface area contributed by atoms with Crippen LogP contribution in [-0.4, -0.2) is 59.0 Å². The van der Waals surface area contributed by atoms with Crippen molar-refractivity contribution < 1.29 is 29.0 Å². The van der Waals surface area contributed by atoms with E-state index in [9.17, 15) is 9.18 Å². The van der Waals surface area contributed by atoms with E-state index in [0.717, 1.165) is 58.3 Å². The lowest BCUT2D eigenvalue weighted by Crippen LogP contribution is -2.37. The summed E-state index contributed by atoms with van der Waals surface area (Å²) in [5.41, 5.74) is 6.09. The molecule has 3 aliphatic rings. The van der Waals surface area contributed by atoms with E-state index in [1.54, 1.807) is 12.1 Å². The monoisotopic (exact) mass is 532 g/mol. The summed E-state index contributed by atoms with van der Waals surface area (Å²) in [5.74, 6) is -3.73. The number of benzene rings is 2. The largest absolute Gasteiger partial charge is 0.473 e. The van der Waals surface area contributed by atoms with Crippen molar-refractivity contribution in [2.24, 2.45) is 5.92 Å². The molecular formula is C31H33FN2O5. The number of carboxylic acid groups (broad SMARTS) is 2. The van der Waals surface area contributed by atoms with E-state index in [1.807, 2.05) is 0 Å². The topological polar surface area (TPSA) is 98.1 Å². The number of ketones is 1. The highest BCUT2D eigenvalue weighted by molar-refractivity contribution is 6.27. The third kappa shape index (κ3) is 7.29. The van der Waals surface area contributed by atoms with Crippen molar-refractivity contribution in [3.63, 3.8) is 0 Å². The minimum absolute atomic E-state index is 0.0533. The molecule has 2 heterocycles. The van der Waals surface area contributed by atoms with E-state index in [-0.39, 0.29) is 17.5 Å². The lowest BCUT2D eigenvalue weighted by molar-refractivity contribution is -0.159. The second kappa shape index (κ2) is 13.2. The first kappa shape index (κ1) is 28.0. The molecule has 0 saturated carbocycles. The fraction of sp³-hybridized carbons (Fsp3) is 0.323. The van der Waals surface area contributed by atoms with E-state index in [1.165, 1.54) is 34.5 Å². The highest BCUT2D eigenvalue weighted by atomic mass is 19.1. The minimum Gasteiger partial charge on any atom is -0.473 e. The Kier molecular flexibility index (Phi) is 9.44. The molecule has 204 valence electrons. The summed E-state index contributed by atoms with van der Waals surface area (Å²) < 4.78 is 13.1. The Balaban J connectivity index is 0.000000531. The number of carbonyl (C=O) groups is 3. The van der Waals surface area contributed by atoms with Crippen LogP contribution in [0.2, 0.25) is 0 Å². The van der Waals surface area contributed by atoms with E-state index in [0.29, 0.717) is 5.56 Å². The molecule has 2 aliphatic heterocycles. The van der Waals surface area contributed by atoms with Gasteiger partial charge in [0.1, 0.15) is 5.82 Å². The number of carbonyl (C=O) groups excluding carboxylic acids is 1. The first-order valence-electron chi connectivity index (χ1n) is 13.3. The molecule has 2 aromatic rings. The molecule has 0 radical (unpaired) electrons. The number of fused-ring (bicyclic) bond motifs is 2. The molecule has 1 fully saturated rings. The SMILES string of the molecule is O=C(O)C(=O)O.O=C(c1ccc(F)cc1)C1CCN(CCCN2C=CC3=C(CCC=C3)c3ccccc32)CC1. The smallest absolute Gasteiger partial charge is 0.414 e. The zero-order valence-corrected chi connectivity index (χ0v) is 21.8. The van der Waals surface area contributed by atoms with Gasteiger partial charge in [-0.05, 0) is 99.3 Å². The highest BCUT2D eigenvalue weighted by Gasteiger charge is 2.26. The fourth-order valence-electron chi connectivity index (χ4n) is 5.29. The van der Waals surface area contributed by atoms with E-state index in [2.05, 4.69) is 58.5 Å². The van der Waals surface area contributed by atoms with Crippen LogP contribution in [0.5, 0.6) is 0 Å². The van der Waals surface area contributed by atoms with Gasteiger partial charge in [-0.15, -0.1) is 0 Å². The van der Waals surface area contributed by atoms with E-state index < -0.39 is 11.9 Å². The Morgan fingerprint density at radius 3 is 2.28 bits per heavy atom. The van der Waals surface area contributed by atoms with Crippen LogP contribution in [0.25, 0.3) is 5.57 Å². The number of hydrogen-bond acceptors (Lipinski definition) is 5. The standard InChI is InChI=1S/C29H31FN2O.C2H2O4/c30-25-12-10-23(11-13-25)29(33)24-14-19-31(20-15-24)17-5-18-32-21-16-22-6-1-2-7-26(22)27-8-3-4-9-28(27)32;3-1(4)2(5)6/h1,3-4,6,8-13,16,21,24H,2,5,7,14-15,17-20H2;(H,3,4)(H,5,6). The maximum absolute atomic E-state index is 13.1. The van der Waals surface area contributed by atoms with Crippen molar-refractivity contribution in [1.29, 1.82) is 0 Å². The van der Waals surface area contributed by atoms with Crippen molar-refractivity contribution in [3.05, 3.63) is 95.5 Å². The molecule has 5 rings (SSSR count).